The number of amides is 1. The predicted octanol–water partition coefficient (Wildman–Crippen LogP) is 4.24. The maximum absolute atomic E-state index is 12.4. The fraction of sp³-hybridized carbons (Fsp3) is 0.0556. The molecule has 0 aliphatic carbocycles. The molecule has 126 valence electrons. The summed E-state index contributed by atoms with van der Waals surface area (Å²) in [6.07, 6.45) is 5.13. The Hall–Kier alpha value is -2.44. The molecule has 0 saturated heterocycles. The van der Waals surface area contributed by atoms with E-state index in [1.165, 1.54) is 11.3 Å². The SMILES string of the molecule is CC(=O)Nc1ccc(/C=C/c2nc3ccc(Br)cn3c(=O)c2Cl)cc1. The van der Waals surface area contributed by atoms with Crippen LogP contribution in [-0.2, 0) is 4.79 Å². The summed E-state index contributed by atoms with van der Waals surface area (Å²) >= 11 is 9.48. The van der Waals surface area contributed by atoms with Crippen LogP contribution in [0.4, 0.5) is 5.69 Å². The topological polar surface area (TPSA) is 63.5 Å². The first-order valence-electron chi connectivity index (χ1n) is 7.37. The second-order valence-electron chi connectivity index (χ2n) is 5.33. The van der Waals surface area contributed by atoms with Crippen molar-refractivity contribution in [2.75, 3.05) is 5.32 Å². The molecule has 0 aliphatic heterocycles. The third-order valence-corrected chi connectivity index (χ3v) is 4.25. The maximum Gasteiger partial charge on any atom is 0.277 e. The number of pyridine rings is 1. The van der Waals surface area contributed by atoms with Gasteiger partial charge in [-0.15, -0.1) is 0 Å². The number of hydrogen-bond acceptors (Lipinski definition) is 3. The zero-order chi connectivity index (χ0) is 18.0. The number of rotatable bonds is 3. The number of carbonyl (C=O) groups excluding carboxylic acids is 1. The van der Waals surface area contributed by atoms with E-state index in [-0.39, 0.29) is 16.5 Å². The number of nitrogens with zero attached hydrogens (tertiary/aromatic N) is 2. The highest BCUT2D eigenvalue weighted by Gasteiger charge is 2.08. The number of hydrogen-bond donors (Lipinski definition) is 1. The summed E-state index contributed by atoms with van der Waals surface area (Å²) in [5.41, 5.74) is 2.20. The van der Waals surface area contributed by atoms with Gasteiger partial charge in [-0.3, -0.25) is 14.0 Å². The zero-order valence-electron chi connectivity index (χ0n) is 13.2. The summed E-state index contributed by atoms with van der Waals surface area (Å²) in [5, 5.41) is 2.76. The maximum atomic E-state index is 12.4. The van der Waals surface area contributed by atoms with Gasteiger partial charge in [0.2, 0.25) is 5.91 Å². The lowest BCUT2D eigenvalue weighted by molar-refractivity contribution is -0.114. The minimum Gasteiger partial charge on any atom is -0.326 e. The molecular weight excluding hydrogens is 406 g/mol. The third-order valence-electron chi connectivity index (χ3n) is 3.42. The standard InChI is InChI=1S/C18H13BrClN3O2/c1-11(24)21-14-6-2-12(3-7-14)4-8-15-17(20)18(25)23-10-13(19)5-9-16(23)22-15/h2-10H,1H3,(H,21,24)/b8-4+. The summed E-state index contributed by atoms with van der Waals surface area (Å²) in [7, 11) is 0. The van der Waals surface area contributed by atoms with Crippen molar-refractivity contribution in [2.24, 2.45) is 0 Å². The first-order valence-corrected chi connectivity index (χ1v) is 8.54. The van der Waals surface area contributed by atoms with E-state index in [1.54, 1.807) is 36.5 Å². The molecule has 1 aromatic carbocycles. The second kappa shape index (κ2) is 7.21. The number of fused-ring (bicyclic) bond motifs is 1. The van der Waals surface area contributed by atoms with Gasteiger partial charge in [0.25, 0.3) is 5.56 Å². The summed E-state index contributed by atoms with van der Waals surface area (Å²) in [5.74, 6) is -0.123. The molecule has 0 saturated carbocycles. The van der Waals surface area contributed by atoms with E-state index < -0.39 is 0 Å². The lowest BCUT2D eigenvalue weighted by Crippen LogP contribution is -2.16. The quantitative estimate of drug-likeness (QED) is 0.692. The molecule has 7 heteroatoms. The highest BCUT2D eigenvalue weighted by Crippen LogP contribution is 2.17. The van der Waals surface area contributed by atoms with Crippen LogP contribution in [0.2, 0.25) is 5.02 Å². The number of halogens is 2. The van der Waals surface area contributed by atoms with Crippen molar-refractivity contribution in [3.63, 3.8) is 0 Å². The van der Waals surface area contributed by atoms with Crippen molar-refractivity contribution >= 4 is 56.9 Å². The van der Waals surface area contributed by atoms with Crippen LogP contribution in [0.1, 0.15) is 18.2 Å². The Morgan fingerprint density at radius 1 is 1.20 bits per heavy atom. The van der Waals surface area contributed by atoms with Crippen LogP contribution in [0.15, 0.2) is 51.9 Å². The van der Waals surface area contributed by atoms with Crippen LogP contribution in [0.3, 0.4) is 0 Å². The predicted molar refractivity (Wildman–Crippen MR) is 104 cm³/mol. The molecule has 0 atom stereocenters. The summed E-state index contributed by atoms with van der Waals surface area (Å²) in [6.45, 7) is 1.46. The molecule has 2 heterocycles. The minimum atomic E-state index is -0.325. The Morgan fingerprint density at radius 3 is 2.60 bits per heavy atom. The average Bonchev–Trinajstić information content (AvgIpc) is 2.58. The highest BCUT2D eigenvalue weighted by atomic mass is 79.9. The minimum absolute atomic E-state index is 0.0571. The molecule has 3 rings (SSSR count). The molecule has 0 radical (unpaired) electrons. The number of benzene rings is 1. The zero-order valence-corrected chi connectivity index (χ0v) is 15.5. The van der Waals surface area contributed by atoms with Gasteiger partial charge in [0.1, 0.15) is 10.7 Å². The Labute approximate surface area is 157 Å². The third kappa shape index (κ3) is 3.97. The molecule has 1 amide bonds. The molecule has 0 aliphatic rings. The Kier molecular flexibility index (Phi) is 5.01. The van der Waals surface area contributed by atoms with Crippen LogP contribution in [-0.4, -0.2) is 15.3 Å². The molecule has 3 aromatic rings. The van der Waals surface area contributed by atoms with Crippen LogP contribution in [0, 0.1) is 0 Å². The largest absolute Gasteiger partial charge is 0.326 e. The number of aromatic nitrogens is 2. The fourth-order valence-electron chi connectivity index (χ4n) is 2.27. The van der Waals surface area contributed by atoms with Crippen molar-refractivity contribution < 1.29 is 4.79 Å². The fourth-order valence-corrected chi connectivity index (χ4v) is 2.81. The molecule has 0 unspecified atom stereocenters. The van der Waals surface area contributed by atoms with Gasteiger partial charge in [0.05, 0.1) is 5.69 Å². The number of anilines is 1. The molecule has 0 spiro atoms. The van der Waals surface area contributed by atoms with Crippen LogP contribution in [0.25, 0.3) is 17.8 Å². The first-order chi connectivity index (χ1) is 11.9. The van der Waals surface area contributed by atoms with Crippen molar-refractivity contribution in [2.45, 2.75) is 6.92 Å². The normalized spacial score (nSPS) is 11.2. The van der Waals surface area contributed by atoms with Gasteiger partial charge in [0, 0.05) is 23.3 Å². The second-order valence-corrected chi connectivity index (χ2v) is 6.62. The highest BCUT2D eigenvalue weighted by molar-refractivity contribution is 9.10. The number of carbonyl (C=O) groups is 1. The van der Waals surface area contributed by atoms with Crippen molar-refractivity contribution in [1.29, 1.82) is 0 Å². The van der Waals surface area contributed by atoms with E-state index in [4.69, 9.17) is 11.6 Å². The lowest BCUT2D eigenvalue weighted by atomic mass is 10.2. The van der Waals surface area contributed by atoms with Gasteiger partial charge in [-0.25, -0.2) is 4.98 Å². The van der Waals surface area contributed by atoms with Crippen molar-refractivity contribution in [3.8, 4) is 0 Å². The summed E-state index contributed by atoms with van der Waals surface area (Å²) in [4.78, 5) is 27.8. The average molecular weight is 419 g/mol. The van der Waals surface area contributed by atoms with Crippen molar-refractivity contribution in [3.05, 3.63) is 73.7 Å². The van der Waals surface area contributed by atoms with Gasteiger partial charge in [-0.05, 0) is 51.8 Å². The van der Waals surface area contributed by atoms with Gasteiger partial charge in [0.15, 0.2) is 0 Å². The Balaban J connectivity index is 1.93. The Morgan fingerprint density at radius 2 is 1.92 bits per heavy atom. The van der Waals surface area contributed by atoms with Crippen LogP contribution < -0.4 is 10.9 Å². The molecule has 2 aromatic heterocycles. The van der Waals surface area contributed by atoms with E-state index in [9.17, 15) is 9.59 Å². The summed E-state index contributed by atoms with van der Waals surface area (Å²) < 4.78 is 2.16. The van der Waals surface area contributed by atoms with E-state index in [1.807, 2.05) is 18.2 Å². The molecule has 0 bridgehead atoms. The van der Waals surface area contributed by atoms with Crippen LogP contribution >= 0.6 is 27.5 Å². The van der Waals surface area contributed by atoms with Gasteiger partial charge < -0.3 is 5.32 Å². The molecule has 5 nitrogen and oxygen atoms in total. The smallest absolute Gasteiger partial charge is 0.277 e. The molecule has 25 heavy (non-hydrogen) atoms. The van der Waals surface area contributed by atoms with Gasteiger partial charge >= 0.3 is 0 Å². The van der Waals surface area contributed by atoms with Crippen LogP contribution in [0.5, 0.6) is 0 Å². The first kappa shape index (κ1) is 17.4. The monoisotopic (exact) mass is 417 g/mol. The lowest BCUT2D eigenvalue weighted by Gasteiger charge is -2.04. The van der Waals surface area contributed by atoms with E-state index in [0.29, 0.717) is 11.3 Å². The van der Waals surface area contributed by atoms with E-state index in [2.05, 4.69) is 26.2 Å². The molecule has 1 N–H and O–H groups in total. The molecule has 0 fully saturated rings. The van der Waals surface area contributed by atoms with Gasteiger partial charge in [-0.1, -0.05) is 29.8 Å². The summed E-state index contributed by atoms with van der Waals surface area (Å²) in [6, 6.07) is 10.8. The Bertz CT molecular complexity index is 1040. The van der Waals surface area contributed by atoms with E-state index >= 15 is 0 Å². The molecular formula is C18H13BrClN3O2. The van der Waals surface area contributed by atoms with Gasteiger partial charge in [-0.2, -0.15) is 0 Å². The number of nitrogens with one attached hydrogen (secondary N) is 1. The van der Waals surface area contributed by atoms with E-state index in [0.717, 1.165) is 15.7 Å². The van der Waals surface area contributed by atoms with Crippen molar-refractivity contribution in [1.82, 2.24) is 9.38 Å².